The maximum absolute atomic E-state index is 12.6. The van der Waals surface area contributed by atoms with E-state index in [2.05, 4.69) is 0 Å². The highest BCUT2D eigenvalue weighted by Crippen LogP contribution is 2.31. The second-order valence-electron chi connectivity index (χ2n) is 5.43. The monoisotopic (exact) mass is 376 g/mol. The molecule has 0 saturated heterocycles. The lowest BCUT2D eigenvalue weighted by atomic mass is 10.0. The Morgan fingerprint density at radius 3 is 2.19 bits per heavy atom. The zero-order valence-corrected chi connectivity index (χ0v) is 14.8. The average Bonchev–Trinajstić information content (AvgIpc) is 2.58. The number of halogens is 3. The third-order valence-corrected chi connectivity index (χ3v) is 3.46. The number of unbranched alkanes of at least 4 members (excludes halogenated alkanes) is 1. The standard InChI is InChI=1S/C18H23F3O5/c1-3-24-16(22)15(17(23)25-4-2)10-5-6-11-26-14-9-7-8-13(12-14)18(19,20)21/h7-9,12,15H,3-6,10-11H2,1-2H3. The predicted octanol–water partition coefficient (Wildman–Crippen LogP) is 4.00. The first-order valence-corrected chi connectivity index (χ1v) is 8.42. The molecule has 0 aromatic heterocycles. The van der Waals surface area contributed by atoms with E-state index in [1.165, 1.54) is 12.1 Å². The molecule has 0 unspecified atom stereocenters. The van der Waals surface area contributed by atoms with Crippen LogP contribution in [0.5, 0.6) is 5.75 Å². The molecule has 1 rings (SSSR count). The summed E-state index contributed by atoms with van der Waals surface area (Å²) >= 11 is 0. The number of esters is 2. The molecule has 0 aliphatic rings. The van der Waals surface area contributed by atoms with Crippen LogP contribution < -0.4 is 4.74 Å². The molecule has 0 heterocycles. The quantitative estimate of drug-likeness (QED) is 0.351. The van der Waals surface area contributed by atoms with Gasteiger partial charge in [-0.15, -0.1) is 0 Å². The maximum atomic E-state index is 12.6. The van der Waals surface area contributed by atoms with Crippen LogP contribution in [0, 0.1) is 5.92 Å². The molecule has 0 N–H and O–H groups in total. The molecule has 146 valence electrons. The Hall–Kier alpha value is -2.25. The van der Waals surface area contributed by atoms with Crippen molar-refractivity contribution in [2.75, 3.05) is 19.8 Å². The minimum atomic E-state index is -4.42. The zero-order chi connectivity index (χ0) is 19.6. The minimum absolute atomic E-state index is 0.118. The van der Waals surface area contributed by atoms with Crippen LogP contribution in [0.1, 0.15) is 38.7 Å². The van der Waals surface area contributed by atoms with E-state index in [1.54, 1.807) is 13.8 Å². The third kappa shape index (κ3) is 7.33. The Balaban J connectivity index is 2.46. The number of hydrogen-bond donors (Lipinski definition) is 0. The third-order valence-electron chi connectivity index (χ3n) is 3.46. The van der Waals surface area contributed by atoms with Gasteiger partial charge in [0.2, 0.25) is 0 Å². The second kappa shape index (κ2) is 10.7. The molecule has 0 amide bonds. The zero-order valence-electron chi connectivity index (χ0n) is 14.8. The lowest BCUT2D eigenvalue weighted by molar-refractivity contribution is -0.162. The van der Waals surface area contributed by atoms with Gasteiger partial charge in [-0.3, -0.25) is 9.59 Å². The first kappa shape index (κ1) is 21.8. The van der Waals surface area contributed by atoms with Crippen molar-refractivity contribution in [3.8, 4) is 5.75 Å². The van der Waals surface area contributed by atoms with Crippen molar-refractivity contribution in [2.24, 2.45) is 5.92 Å². The van der Waals surface area contributed by atoms with E-state index >= 15 is 0 Å². The van der Waals surface area contributed by atoms with Crippen molar-refractivity contribution in [3.63, 3.8) is 0 Å². The Labute approximate surface area is 150 Å². The predicted molar refractivity (Wildman–Crippen MR) is 87.5 cm³/mol. The van der Waals surface area contributed by atoms with Crippen LogP contribution in [0.2, 0.25) is 0 Å². The van der Waals surface area contributed by atoms with Crippen molar-refractivity contribution in [2.45, 2.75) is 39.3 Å². The highest BCUT2D eigenvalue weighted by atomic mass is 19.4. The van der Waals surface area contributed by atoms with Crippen molar-refractivity contribution in [1.29, 1.82) is 0 Å². The van der Waals surface area contributed by atoms with Gasteiger partial charge in [-0.25, -0.2) is 0 Å². The summed E-state index contributed by atoms with van der Waals surface area (Å²) in [6.45, 7) is 3.77. The lowest BCUT2D eigenvalue weighted by Gasteiger charge is -2.14. The van der Waals surface area contributed by atoms with Gasteiger partial charge >= 0.3 is 18.1 Å². The SMILES string of the molecule is CCOC(=O)C(CCCCOc1cccc(C(F)(F)F)c1)C(=O)OCC. The van der Waals surface area contributed by atoms with Crippen molar-refractivity contribution in [3.05, 3.63) is 29.8 Å². The molecule has 0 spiro atoms. The van der Waals surface area contributed by atoms with Gasteiger partial charge in [-0.05, 0) is 51.3 Å². The molecule has 0 aliphatic carbocycles. The fourth-order valence-electron chi connectivity index (χ4n) is 2.22. The van der Waals surface area contributed by atoms with Gasteiger partial charge in [-0.1, -0.05) is 6.07 Å². The van der Waals surface area contributed by atoms with E-state index < -0.39 is 29.6 Å². The van der Waals surface area contributed by atoms with Gasteiger partial charge in [0.1, 0.15) is 5.75 Å². The Morgan fingerprint density at radius 2 is 1.65 bits per heavy atom. The molecule has 5 nitrogen and oxygen atoms in total. The number of carbonyl (C=O) groups is 2. The number of hydrogen-bond acceptors (Lipinski definition) is 5. The van der Waals surface area contributed by atoms with Gasteiger partial charge in [0.25, 0.3) is 0 Å². The summed E-state index contributed by atoms with van der Waals surface area (Å²) in [6.07, 6.45) is -3.28. The van der Waals surface area contributed by atoms with Crippen LogP contribution in [0.15, 0.2) is 24.3 Å². The van der Waals surface area contributed by atoms with Crippen LogP contribution in [0.4, 0.5) is 13.2 Å². The smallest absolute Gasteiger partial charge is 0.416 e. The van der Waals surface area contributed by atoms with E-state index in [-0.39, 0.29) is 32.0 Å². The van der Waals surface area contributed by atoms with E-state index in [0.29, 0.717) is 12.8 Å². The fourth-order valence-corrected chi connectivity index (χ4v) is 2.22. The normalized spacial score (nSPS) is 11.3. The highest BCUT2D eigenvalue weighted by molar-refractivity contribution is 5.94. The number of rotatable bonds is 10. The van der Waals surface area contributed by atoms with Crippen molar-refractivity contribution >= 4 is 11.9 Å². The molecule has 0 atom stereocenters. The van der Waals surface area contributed by atoms with E-state index in [0.717, 1.165) is 12.1 Å². The molecule has 26 heavy (non-hydrogen) atoms. The van der Waals surface area contributed by atoms with Crippen LogP contribution in [0.25, 0.3) is 0 Å². The van der Waals surface area contributed by atoms with E-state index in [1.807, 2.05) is 0 Å². The summed E-state index contributed by atoms with van der Waals surface area (Å²) in [6, 6.07) is 4.61. The second-order valence-corrected chi connectivity index (χ2v) is 5.43. The summed E-state index contributed by atoms with van der Waals surface area (Å²) < 4.78 is 52.9. The molecular weight excluding hydrogens is 353 g/mol. The number of alkyl halides is 3. The minimum Gasteiger partial charge on any atom is -0.494 e. The molecule has 1 aromatic rings. The van der Waals surface area contributed by atoms with Gasteiger partial charge in [0, 0.05) is 0 Å². The topological polar surface area (TPSA) is 61.8 Å². The van der Waals surface area contributed by atoms with Gasteiger partial charge in [-0.2, -0.15) is 13.2 Å². The molecular formula is C18H23F3O5. The Bertz CT molecular complexity index is 568. The van der Waals surface area contributed by atoms with Gasteiger partial charge in [0.05, 0.1) is 25.4 Å². The van der Waals surface area contributed by atoms with Crippen LogP contribution in [0.3, 0.4) is 0 Å². The Kier molecular flexibility index (Phi) is 8.95. The van der Waals surface area contributed by atoms with Crippen molar-refractivity contribution in [1.82, 2.24) is 0 Å². The van der Waals surface area contributed by atoms with Crippen LogP contribution in [-0.4, -0.2) is 31.8 Å². The molecule has 0 fully saturated rings. The van der Waals surface area contributed by atoms with E-state index in [4.69, 9.17) is 14.2 Å². The summed E-state index contributed by atoms with van der Waals surface area (Å²) in [4.78, 5) is 23.6. The van der Waals surface area contributed by atoms with Crippen molar-refractivity contribution < 1.29 is 37.0 Å². The summed E-state index contributed by atoms with van der Waals surface area (Å²) in [5.74, 6) is -2.15. The van der Waals surface area contributed by atoms with Crippen LogP contribution >= 0.6 is 0 Å². The number of ether oxygens (including phenoxy) is 3. The molecule has 0 radical (unpaired) electrons. The summed E-state index contributed by atoms with van der Waals surface area (Å²) in [5, 5.41) is 0. The number of carbonyl (C=O) groups excluding carboxylic acids is 2. The highest BCUT2D eigenvalue weighted by Gasteiger charge is 2.31. The molecule has 0 bridgehead atoms. The number of benzene rings is 1. The van der Waals surface area contributed by atoms with E-state index in [9.17, 15) is 22.8 Å². The van der Waals surface area contributed by atoms with Gasteiger partial charge < -0.3 is 14.2 Å². The van der Waals surface area contributed by atoms with Gasteiger partial charge in [0.15, 0.2) is 5.92 Å². The summed E-state index contributed by atoms with van der Waals surface area (Å²) in [5.41, 5.74) is -0.778. The fraction of sp³-hybridized carbons (Fsp3) is 0.556. The summed E-state index contributed by atoms with van der Waals surface area (Å²) in [7, 11) is 0. The molecule has 8 heteroatoms. The van der Waals surface area contributed by atoms with Crippen LogP contribution in [-0.2, 0) is 25.2 Å². The lowest BCUT2D eigenvalue weighted by Crippen LogP contribution is -2.28. The molecule has 0 saturated carbocycles. The molecule has 0 aliphatic heterocycles. The maximum Gasteiger partial charge on any atom is 0.416 e. The first-order valence-electron chi connectivity index (χ1n) is 8.42. The average molecular weight is 376 g/mol. The Morgan fingerprint density at radius 1 is 1.04 bits per heavy atom. The molecule has 1 aromatic carbocycles. The largest absolute Gasteiger partial charge is 0.494 e. The first-order chi connectivity index (χ1) is 12.3.